The Labute approximate surface area is 169 Å². The van der Waals surface area contributed by atoms with Crippen LogP contribution in [0.2, 0.25) is 0 Å². The zero-order valence-corrected chi connectivity index (χ0v) is 16.9. The van der Waals surface area contributed by atoms with Crippen LogP contribution < -0.4 is 15.0 Å². The van der Waals surface area contributed by atoms with Crippen LogP contribution >= 0.6 is 0 Å². The van der Waals surface area contributed by atoms with Gasteiger partial charge in [0.2, 0.25) is 5.91 Å². The molecule has 3 rings (SSSR count). The van der Waals surface area contributed by atoms with Gasteiger partial charge < -0.3 is 19.4 Å². The minimum absolute atomic E-state index is 0.00177. The number of aromatic nitrogens is 2. The van der Waals surface area contributed by atoms with Gasteiger partial charge in [-0.05, 0) is 43.2 Å². The van der Waals surface area contributed by atoms with Crippen LogP contribution in [0.5, 0.6) is 11.5 Å². The molecule has 1 heterocycles. The fourth-order valence-corrected chi connectivity index (χ4v) is 3.21. The molecule has 0 spiro atoms. The van der Waals surface area contributed by atoms with Crippen molar-refractivity contribution >= 4 is 16.8 Å². The smallest absolute Gasteiger partial charge is 0.258 e. The zero-order valence-electron chi connectivity index (χ0n) is 16.9. The number of methoxy groups -OCH3 is 2. The SMILES string of the molecule is CCN(Cc1nc2ccccc2c(=O)[nH]1)C(=O)CCc1ccc(OC)c(OC)c1. The predicted molar refractivity (Wildman–Crippen MR) is 111 cm³/mol. The summed E-state index contributed by atoms with van der Waals surface area (Å²) in [5, 5.41) is 0.541. The van der Waals surface area contributed by atoms with E-state index in [-0.39, 0.29) is 18.0 Å². The van der Waals surface area contributed by atoms with E-state index >= 15 is 0 Å². The summed E-state index contributed by atoms with van der Waals surface area (Å²) in [6, 6.07) is 12.8. The van der Waals surface area contributed by atoms with Gasteiger partial charge in [-0.2, -0.15) is 0 Å². The van der Waals surface area contributed by atoms with Crippen molar-refractivity contribution in [3.63, 3.8) is 0 Å². The van der Waals surface area contributed by atoms with Crippen LogP contribution in [0.4, 0.5) is 0 Å². The monoisotopic (exact) mass is 395 g/mol. The molecule has 0 fully saturated rings. The highest BCUT2D eigenvalue weighted by Gasteiger charge is 2.15. The number of carbonyl (C=O) groups excluding carboxylic acids is 1. The molecule has 2 aromatic carbocycles. The lowest BCUT2D eigenvalue weighted by molar-refractivity contribution is -0.131. The Morgan fingerprint density at radius 3 is 2.59 bits per heavy atom. The van der Waals surface area contributed by atoms with E-state index < -0.39 is 0 Å². The number of fused-ring (bicyclic) bond motifs is 1. The maximum Gasteiger partial charge on any atom is 0.258 e. The summed E-state index contributed by atoms with van der Waals surface area (Å²) in [4.78, 5) is 33.9. The first-order valence-electron chi connectivity index (χ1n) is 9.52. The molecule has 29 heavy (non-hydrogen) atoms. The van der Waals surface area contributed by atoms with E-state index in [1.165, 1.54) is 0 Å². The van der Waals surface area contributed by atoms with E-state index in [9.17, 15) is 9.59 Å². The quantitative estimate of drug-likeness (QED) is 0.634. The van der Waals surface area contributed by atoms with E-state index in [1.54, 1.807) is 37.3 Å². The summed E-state index contributed by atoms with van der Waals surface area (Å²) in [5.74, 6) is 1.78. The number of H-pyrrole nitrogens is 1. The number of hydrogen-bond acceptors (Lipinski definition) is 5. The molecule has 1 amide bonds. The second-order valence-electron chi connectivity index (χ2n) is 6.63. The number of amides is 1. The molecule has 3 aromatic rings. The van der Waals surface area contributed by atoms with Gasteiger partial charge >= 0.3 is 0 Å². The normalized spacial score (nSPS) is 10.7. The Morgan fingerprint density at radius 1 is 1.10 bits per heavy atom. The molecule has 7 nitrogen and oxygen atoms in total. The fourth-order valence-electron chi connectivity index (χ4n) is 3.21. The Hall–Kier alpha value is -3.35. The highest BCUT2D eigenvalue weighted by molar-refractivity contribution is 5.78. The third kappa shape index (κ3) is 4.74. The number of ether oxygens (including phenoxy) is 2. The molecule has 0 aliphatic carbocycles. The van der Waals surface area contributed by atoms with Crippen LogP contribution in [0, 0.1) is 0 Å². The molecular weight excluding hydrogens is 370 g/mol. The van der Waals surface area contributed by atoms with Gasteiger partial charge in [-0.25, -0.2) is 4.98 Å². The molecule has 0 unspecified atom stereocenters. The molecule has 0 bridgehead atoms. The molecule has 0 aliphatic rings. The van der Waals surface area contributed by atoms with E-state index in [2.05, 4.69) is 9.97 Å². The maximum absolute atomic E-state index is 12.7. The standard InChI is InChI=1S/C22H25N3O4/c1-4-25(14-20-23-17-8-6-5-7-16(17)22(27)24-20)21(26)12-10-15-9-11-18(28-2)19(13-15)29-3/h5-9,11,13H,4,10,12,14H2,1-3H3,(H,23,24,27). The lowest BCUT2D eigenvalue weighted by Gasteiger charge is -2.20. The molecule has 1 aromatic heterocycles. The number of aromatic amines is 1. The summed E-state index contributed by atoms with van der Waals surface area (Å²) < 4.78 is 10.6. The summed E-state index contributed by atoms with van der Waals surface area (Å²) in [5.41, 5.74) is 1.42. The Morgan fingerprint density at radius 2 is 1.86 bits per heavy atom. The number of para-hydroxylation sites is 1. The maximum atomic E-state index is 12.7. The molecule has 1 N–H and O–H groups in total. The van der Waals surface area contributed by atoms with E-state index in [0.29, 0.717) is 47.6 Å². The van der Waals surface area contributed by atoms with Crippen molar-refractivity contribution in [2.45, 2.75) is 26.3 Å². The van der Waals surface area contributed by atoms with Gasteiger partial charge in [-0.15, -0.1) is 0 Å². The minimum Gasteiger partial charge on any atom is -0.493 e. The molecule has 0 saturated heterocycles. The number of benzene rings is 2. The van der Waals surface area contributed by atoms with Crippen LogP contribution in [-0.2, 0) is 17.8 Å². The number of nitrogens with zero attached hydrogens (tertiary/aromatic N) is 2. The van der Waals surface area contributed by atoms with Crippen molar-refractivity contribution < 1.29 is 14.3 Å². The van der Waals surface area contributed by atoms with E-state index in [1.807, 2.05) is 31.2 Å². The highest BCUT2D eigenvalue weighted by atomic mass is 16.5. The molecule has 0 radical (unpaired) electrons. The molecular formula is C22H25N3O4. The minimum atomic E-state index is -0.195. The average molecular weight is 395 g/mol. The van der Waals surface area contributed by atoms with Crippen LogP contribution in [0.15, 0.2) is 47.3 Å². The number of rotatable bonds is 8. The Kier molecular flexibility index (Phi) is 6.49. The molecule has 0 aliphatic heterocycles. The van der Waals surface area contributed by atoms with Crippen molar-refractivity contribution in [3.8, 4) is 11.5 Å². The van der Waals surface area contributed by atoms with Crippen molar-refractivity contribution in [2.75, 3.05) is 20.8 Å². The van der Waals surface area contributed by atoms with Gasteiger partial charge in [-0.3, -0.25) is 9.59 Å². The number of hydrogen-bond donors (Lipinski definition) is 1. The number of nitrogens with one attached hydrogen (secondary N) is 1. The third-order valence-corrected chi connectivity index (χ3v) is 4.81. The van der Waals surface area contributed by atoms with Crippen LogP contribution in [0.25, 0.3) is 10.9 Å². The summed E-state index contributed by atoms with van der Waals surface area (Å²) >= 11 is 0. The second-order valence-corrected chi connectivity index (χ2v) is 6.63. The van der Waals surface area contributed by atoms with Gasteiger partial charge in [0, 0.05) is 13.0 Å². The van der Waals surface area contributed by atoms with Gasteiger partial charge in [-0.1, -0.05) is 18.2 Å². The van der Waals surface area contributed by atoms with Gasteiger partial charge in [0.1, 0.15) is 5.82 Å². The van der Waals surface area contributed by atoms with E-state index in [4.69, 9.17) is 9.47 Å². The van der Waals surface area contributed by atoms with Crippen molar-refractivity contribution in [2.24, 2.45) is 0 Å². The van der Waals surface area contributed by atoms with Crippen LogP contribution in [0.1, 0.15) is 24.7 Å². The van der Waals surface area contributed by atoms with Crippen molar-refractivity contribution in [1.29, 1.82) is 0 Å². The Bertz CT molecular complexity index is 1060. The first-order chi connectivity index (χ1) is 14.0. The predicted octanol–water partition coefficient (Wildman–Crippen LogP) is 2.92. The number of carbonyl (C=O) groups is 1. The van der Waals surface area contributed by atoms with Gasteiger partial charge in [0.15, 0.2) is 11.5 Å². The molecule has 0 atom stereocenters. The third-order valence-electron chi connectivity index (χ3n) is 4.81. The molecule has 7 heteroatoms. The lowest BCUT2D eigenvalue weighted by atomic mass is 10.1. The molecule has 152 valence electrons. The first-order valence-corrected chi connectivity index (χ1v) is 9.52. The van der Waals surface area contributed by atoms with E-state index in [0.717, 1.165) is 5.56 Å². The van der Waals surface area contributed by atoms with Gasteiger partial charge in [0.05, 0.1) is 31.7 Å². The summed E-state index contributed by atoms with van der Waals surface area (Å²) in [6.45, 7) is 2.70. The largest absolute Gasteiger partial charge is 0.493 e. The average Bonchev–Trinajstić information content (AvgIpc) is 2.75. The molecule has 0 saturated carbocycles. The van der Waals surface area contributed by atoms with Gasteiger partial charge in [0.25, 0.3) is 5.56 Å². The second kappa shape index (κ2) is 9.23. The Balaban J connectivity index is 1.69. The van der Waals surface area contributed by atoms with Crippen LogP contribution in [-0.4, -0.2) is 41.5 Å². The topological polar surface area (TPSA) is 84.5 Å². The summed E-state index contributed by atoms with van der Waals surface area (Å²) in [6.07, 6.45) is 0.929. The van der Waals surface area contributed by atoms with Crippen molar-refractivity contribution in [3.05, 3.63) is 64.2 Å². The lowest BCUT2D eigenvalue weighted by Crippen LogP contribution is -2.32. The van der Waals surface area contributed by atoms with Crippen molar-refractivity contribution in [1.82, 2.24) is 14.9 Å². The van der Waals surface area contributed by atoms with Crippen LogP contribution in [0.3, 0.4) is 0 Å². The fraction of sp³-hybridized carbons (Fsp3) is 0.318. The first kappa shape index (κ1) is 20.4. The highest BCUT2D eigenvalue weighted by Crippen LogP contribution is 2.28. The summed E-state index contributed by atoms with van der Waals surface area (Å²) in [7, 11) is 3.17. The number of aryl methyl sites for hydroxylation is 1. The zero-order chi connectivity index (χ0) is 20.8.